The first-order chi connectivity index (χ1) is 9.69. The Morgan fingerprint density at radius 2 is 2.00 bits per heavy atom. The van der Waals surface area contributed by atoms with Gasteiger partial charge in [0.05, 0.1) is 18.9 Å². The molecule has 2 aromatic rings. The van der Waals surface area contributed by atoms with Gasteiger partial charge in [-0.1, -0.05) is 30.7 Å². The summed E-state index contributed by atoms with van der Waals surface area (Å²) in [7, 11) is 0. The summed E-state index contributed by atoms with van der Waals surface area (Å²) in [5, 5.41) is 10.9. The lowest BCUT2D eigenvalue weighted by atomic mass is 10.1. The van der Waals surface area contributed by atoms with E-state index in [1.165, 1.54) is 0 Å². The predicted molar refractivity (Wildman–Crippen MR) is 80.7 cm³/mol. The van der Waals surface area contributed by atoms with Crippen LogP contribution in [0.15, 0.2) is 47.1 Å². The smallest absolute Gasteiger partial charge is 0.117 e. The molecule has 0 spiro atoms. The molecule has 1 aromatic carbocycles. The first-order valence-corrected chi connectivity index (χ1v) is 7.25. The van der Waals surface area contributed by atoms with E-state index in [-0.39, 0.29) is 0 Å². The molecule has 108 valence electrons. The predicted octanol–water partition coefficient (Wildman–Crippen LogP) is 3.88. The number of hydrogen-bond donors (Lipinski definition) is 1. The van der Waals surface area contributed by atoms with Crippen molar-refractivity contribution in [3.8, 4) is 0 Å². The van der Waals surface area contributed by atoms with Crippen LogP contribution in [0.2, 0.25) is 5.02 Å². The molecule has 1 unspecified atom stereocenters. The molecule has 0 radical (unpaired) electrons. The fraction of sp³-hybridized carbons (Fsp3) is 0.375. The van der Waals surface area contributed by atoms with Gasteiger partial charge in [0.2, 0.25) is 0 Å². The lowest BCUT2D eigenvalue weighted by molar-refractivity contribution is 0.138. The Bertz CT molecular complexity index is 496. The largest absolute Gasteiger partial charge is 0.468 e. The van der Waals surface area contributed by atoms with Gasteiger partial charge < -0.3 is 9.52 Å². The molecule has 2 rings (SSSR count). The molecule has 20 heavy (non-hydrogen) atoms. The molecule has 0 aliphatic rings. The third-order valence-corrected chi connectivity index (χ3v) is 3.63. The highest BCUT2D eigenvalue weighted by Gasteiger charge is 2.11. The average molecular weight is 294 g/mol. The number of aliphatic hydroxyl groups excluding tert-OH is 1. The quantitative estimate of drug-likeness (QED) is 0.842. The zero-order valence-corrected chi connectivity index (χ0v) is 12.4. The maximum atomic E-state index is 10.2. The molecule has 0 aliphatic heterocycles. The van der Waals surface area contributed by atoms with Gasteiger partial charge in [-0.25, -0.2) is 0 Å². The SMILES string of the molecule is CCN(CCC(O)c1ccc(Cl)cc1)Cc1ccco1. The molecule has 0 amide bonds. The summed E-state index contributed by atoms with van der Waals surface area (Å²) >= 11 is 5.85. The molecule has 0 bridgehead atoms. The summed E-state index contributed by atoms with van der Waals surface area (Å²) in [5.41, 5.74) is 0.906. The first kappa shape index (κ1) is 15.1. The highest BCUT2D eigenvalue weighted by Crippen LogP contribution is 2.19. The van der Waals surface area contributed by atoms with Crippen molar-refractivity contribution in [3.05, 3.63) is 59.0 Å². The minimum absolute atomic E-state index is 0.460. The van der Waals surface area contributed by atoms with Crippen LogP contribution < -0.4 is 0 Å². The monoisotopic (exact) mass is 293 g/mol. The molecule has 0 aliphatic carbocycles. The van der Waals surface area contributed by atoms with Crippen LogP contribution in [0, 0.1) is 0 Å². The summed E-state index contributed by atoms with van der Waals surface area (Å²) in [4.78, 5) is 2.25. The summed E-state index contributed by atoms with van der Waals surface area (Å²) in [6.45, 7) is 4.63. The Morgan fingerprint density at radius 3 is 2.60 bits per heavy atom. The van der Waals surface area contributed by atoms with E-state index < -0.39 is 6.10 Å². The Kier molecular flexibility index (Phi) is 5.65. The maximum Gasteiger partial charge on any atom is 0.117 e. The van der Waals surface area contributed by atoms with Crippen LogP contribution in [-0.4, -0.2) is 23.1 Å². The van der Waals surface area contributed by atoms with Crippen LogP contribution in [0.4, 0.5) is 0 Å². The van der Waals surface area contributed by atoms with Crippen LogP contribution >= 0.6 is 11.6 Å². The standard InChI is InChI=1S/C16H20ClNO2/c1-2-18(12-15-4-3-11-20-15)10-9-16(19)13-5-7-14(17)8-6-13/h3-8,11,16,19H,2,9-10,12H2,1H3. The second kappa shape index (κ2) is 7.48. The van der Waals surface area contributed by atoms with Crippen molar-refractivity contribution in [1.82, 2.24) is 4.90 Å². The van der Waals surface area contributed by atoms with E-state index in [4.69, 9.17) is 16.0 Å². The minimum atomic E-state index is -0.460. The Balaban J connectivity index is 1.84. The number of nitrogens with zero attached hydrogens (tertiary/aromatic N) is 1. The van der Waals surface area contributed by atoms with Gasteiger partial charge in [-0.3, -0.25) is 4.90 Å². The number of aliphatic hydroxyl groups is 1. The third-order valence-electron chi connectivity index (χ3n) is 3.38. The van der Waals surface area contributed by atoms with Crippen LogP contribution in [0.5, 0.6) is 0 Å². The van der Waals surface area contributed by atoms with Gasteiger partial charge in [0.15, 0.2) is 0 Å². The van der Waals surface area contributed by atoms with Gasteiger partial charge in [0, 0.05) is 11.6 Å². The van der Waals surface area contributed by atoms with E-state index in [9.17, 15) is 5.11 Å². The number of furan rings is 1. The zero-order chi connectivity index (χ0) is 14.4. The van der Waals surface area contributed by atoms with Crippen LogP contribution in [0.25, 0.3) is 0 Å². The van der Waals surface area contributed by atoms with Crippen molar-refractivity contribution < 1.29 is 9.52 Å². The van der Waals surface area contributed by atoms with Gasteiger partial charge in [0.25, 0.3) is 0 Å². The van der Waals surface area contributed by atoms with E-state index in [2.05, 4.69) is 11.8 Å². The van der Waals surface area contributed by atoms with Crippen LogP contribution in [0.3, 0.4) is 0 Å². The summed E-state index contributed by atoms with van der Waals surface area (Å²) in [6, 6.07) is 11.2. The Morgan fingerprint density at radius 1 is 1.25 bits per heavy atom. The van der Waals surface area contributed by atoms with Crippen LogP contribution in [-0.2, 0) is 6.54 Å². The zero-order valence-electron chi connectivity index (χ0n) is 11.6. The van der Waals surface area contributed by atoms with Crippen molar-refractivity contribution in [2.75, 3.05) is 13.1 Å². The van der Waals surface area contributed by atoms with Gasteiger partial charge in [0.1, 0.15) is 5.76 Å². The van der Waals surface area contributed by atoms with E-state index in [1.54, 1.807) is 18.4 Å². The molecule has 4 heteroatoms. The lowest BCUT2D eigenvalue weighted by Crippen LogP contribution is -2.25. The highest BCUT2D eigenvalue weighted by atomic mass is 35.5. The number of benzene rings is 1. The topological polar surface area (TPSA) is 36.6 Å². The molecule has 0 saturated heterocycles. The molecule has 1 atom stereocenters. The fourth-order valence-electron chi connectivity index (χ4n) is 2.13. The van der Waals surface area contributed by atoms with Crippen LogP contribution in [0.1, 0.15) is 30.8 Å². The number of rotatable bonds is 7. The van der Waals surface area contributed by atoms with Crippen molar-refractivity contribution in [2.45, 2.75) is 26.0 Å². The average Bonchev–Trinajstić information content (AvgIpc) is 2.96. The maximum absolute atomic E-state index is 10.2. The molecule has 0 saturated carbocycles. The Hall–Kier alpha value is -1.29. The lowest BCUT2D eigenvalue weighted by Gasteiger charge is -2.21. The molecule has 1 aromatic heterocycles. The summed E-state index contributed by atoms with van der Waals surface area (Å²) in [5.74, 6) is 0.952. The number of hydrogen-bond acceptors (Lipinski definition) is 3. The fourth-order valence-corrected chi connectivity index (χ4v) is 2.25. The number of halogens is 1. The molecule has 1 N–H and O–H groups in total. The van der Waals surface area contributed by atoms with Crippen molar-refractivity contribution in [2.24, 2.45) is 0 Å². The van der Waals surface area contributed by atoms with E-state index in [0.29, 0.717) is 11.4 Å². The summed E-state index contributed by atoms with van der Waals surface area (Å²) in [6.07, 6.45) is 1.92. The molecule has 3 nitrogen and oxygen atoms in total. The minimum Gasteiger partial charge on any atom is -0.468 e. The van der Waals surface area contributed by atoms with Gasteiger partial charge in [-0.05, 0) is 42.8 Å². The highest BCUT2D eigenvalue weighted by molar-refractivity contribution is 6.30. The normalized spacial score (nSPS) is 12.8. The van der Waals surface area contributed by atoms with E-state index in [0.717, 1.165) is 31.0 Å². The second-order valence-electron chi connectivity index (χ2n) is 4.80. The third kappa shape index (κ3) is 4.37. The van der Waals surface area contributed by atoms with Gasteiger partial charge in [-0.2, -0.15) is 0 Å². The van der Waals surface area contributed by atoms with Gasteiger partial charge >= 0.3 is 0 Å². The van der Waals surface area contributed by atoms with E-state index in [1.807, 2.05) is 24.3 Å². The molecule has 0 fully saturated rings. The second-order valence-corrected chi connectivity index (χ2v) is 5.24. The van der Waals surface area contributed by atoms with E-state index >= 15 is 0 Å². The van der Waals surface area contributed by atoms with Crippen molar-refractivity contribution in [1.29, 1.82) is 0 Å². The van der Waals surface area contributed by atoms with Crippen molar-refractivity contribution >= 4 is 11.6 Å². The molecular formula is C16H20ClNO2. The van der Waals surface area contributed by atoms with Gasteiger partial charge in [-0.15, -0.1) is 0 Å². The summed E-state index contributed by atoms with van der Waals surface area (Å²) < 4.78 is 5.35. The molecule has 1 heterocycles. The molecular weight excluding hydrogens is 274 g/mol. The van der Waals surface area contributed by atoms with Crippen molar-refractivity contribution in [3.63, 3.8) is 0 Å². The first-order valence-electron chi connectivity index (χ1n) is 6.87. The Labute approximate surface area is 124 Å².